The molecule has 0 spiro atoms. The van der Waals surface area contributed by atoms with Crippen LogP contribution in [0.2, 0.25) is 0 Å². The van der Waals surface area contributed by atoms with Crippen LogP contribution in [0.4, 0.5) is 0 Å². The second-order valence-electron chi connectivity index (χ2n) is 6.25. The van der Waals surface area contributed by atoms with Crippen molar-refractivity contribution in [2.75, 3.05) is 33.8 Å². The number of likely N-dealkylation sites (N-methyl/N-ethyl adjacent to an activating group) is 1. The number of carbonyl (C=O) groups is 2. The summed E-state index contributed by atoms with van der Waals surface area (Å²) in [6.07, 6.45) is 0.232. The molecule has 1 atom stereocenters. The van der Waals surface area contributed by atoms with Crippen molar-refractivity contribution in [1.29, 1.82) is 0 Å². The number of aliphatic hydroxyl groups excluding tert-OH is 1. The lowest BCUT2D eigenvalue weighted by Gasteiger charge is -2.28. The third-order valence-corrected chi connectivity index (χ3v) is 4.20. The number of Topliss-reactive ketones (excluding diaryl/α,β-unsaturated/α-hetero) is 1. The van der Waals surface area contributed by atoms with Gasteiger partial charge in [0.2, 0.25) is 0 Å². The van der Waals surface area contributed by atoms with Crippen LogP contribution in [-0.4, -0.2) is 60.4 Å². The van der Waals surface area contributed by atoms with Gasteiger partial charge in [-0.05, 0) is 38.7 Å². The minimum absolute atomic E-state index is 0.180. The Labute approximate surface area is 148 Å². The van der Waals surface area contributed by atoms with E-state index in [4.69, 9.17) is 4.74 Å². The summed E-state index contributed by atoms with van der Waals surface area (Å²) < 4.78 is 5.54. The molecule has 6 heteroatoms. The summed E-state index contributed by atoms with van der Waals surface area (Å²) in [5, 5.41) is 10.3. The van der Waals surface area contributed by atoms with Gasteiger partial charge in [-0.3, -0.25) is 9.59 Å². The van der Waals surface area contributed by atoms with Crippen LogP contribution in [0.3, 0.4) is 0 Å². The van der Waals surface area contributed by atoms with Gasteiger partial charge < -0.3 is 19.6 Å². The van der Waals surface area contributed by atoms with E-state index < -0.39 is 17.7 Å². The Bertz CT molecular complexity index is 682. The maximum atomic E-state index is 12.6. The lowest BCUT2D eigenvalue weighted by molar-refractivity contribution is -0.129. The largest absolute Gasteiger partial charge is 0.503 e. The molecule has 1 amide bonds. The second-order valence-corrected chi connectivity index (χ2v) is 6.25. The van der Waals surface area contributed by atoms with E-state index in [1.807, 2.05) is 50.2 Å². The normalized spacial score (nSPS) is 17.6. The lowest BCUT2D eigenvalue weighted by Crippen LogP contribution is -2.36. The fourth-order valence-corrected chi connectivity index (χ4v) is 2.95. The van der Waals surface area contributed by atoms with Crippen molar-refractivity contribution in [3.05, 3.63) is 41.2 Å². The number of nitrogens with zero attached hydrogens (tertiary/aromatic N) is 2. The van der Waals surface area contributed by atoms with Crippen LogP contribution in [0.15, 0.2) is 35.6 Å². The maximum Gasteiger partial charge on any atom is 0.290 e. The standard InChI is InChI=1S/C19H26N2O4/c1-5-15(22)16-17(13-8-7-9-14(12-13)25-6-2)21(11-10-20(3)4)19(24)18(16)23/h7-9,12,17,23H,5-6,10-11H2,1-4H3. The van der Waals surface area contributed by atoms with Crippen LogP contribution in [0.5, 0.6) is 5.75 Å². The van der Waals surface area contributed by atoms with E-state index in [0.717, 1.165) is 5.56 Å². The Morgan fingerprint density at radius 1 is 1.32 bits per heavy atom. The minimum Gasteiger partial charge on any atom is -0.503 e. The smallest absolute Gasteiger partial charge is 0.290 e. The summed E-state index contributed by atoms with van der Waals surface area (Å²) in [6.45, 7) is 5.20. The predicted molar refractivity (Wildman–Crippen MR) is 95.6 cm³/mol. The molecule has 0 bridgehead atoms. The lowest BCUT2D eigenvalue weighted by atomic mass is 9.95. The van der Waals surface area contributed by atoms with E-state index in [1.54, 1.807) is 11.8 Å². The van der Waals surface area contributed by atoms with Gasteiger partial charge in [-0.2, -0.15) is 0 Å². The second kappa shape index (κ2) is 8.16. The zero-order valence-corrected chi connectivity index (χ0v) is 15.3. The summed E-state index contributed by atoms with van der Waals surface area (Å²) in [6, 6.07) is 6.76. The number of benzene rings is 1. The van der Waals surface area contributed by atoms with Crippen molar-refractivity contribution in [2.24, 2.45) is 0 Å². The van der Waals surface area contributed by atoms with Gasteiger partial charge in [0.25, 0.3) is 5.91 Å². The molecule has 1 aliphatic heterocycles. The molecule has 0 fully saturated rings. The Hall–Kier alpha value is -2.34. The molecule has 1 heterocycles. The van der Waals surface area contributed by atoms with Gasteiger partial charge in [0.05, 0.1) is 18.2 Å². The molecule has 1 aromatic rings. The van der Waals surface area contributed by atoms with E-state index in [0.29, 0.717) is 25.4 Å². The van der Waals surface area contributed by atoms with Crippen LogP contribution in [0.1, 0.15) is 31.9 Å². The molecule has 0 saturated heterocycles. The molecule has 0 aromatic heterocycles. The van der Waals surface area contributed by atoms with Gasteiger partial charge in [0, 0.05) is 19.5 Å². The number of carbonyl (C=O) groups excluding carboxylic acids is 2. The number of hydrogen-bond donors (Lipinski definition) is 1. The maximum absolute atomic E-state index is 12.6. The first-order chi connectivity index (χ1) is 11.9. The summed E-state index contributed by atoms with van der Waals surface area (Å²) in [5.74, 6) is -0.470. The SMILES string of the molecule is CCOc1cccc(C2C(C(=O)CC)=C(O)C(=O)N2CCN(C)C)c1. The number of ether oxygens (including phenoxy) is 1. The van der Waals surface area contributed by atoms with Crippen molar-refractivity contribution in [2.45, 2.75) is 26.3 Å². The Morgan fingerprint density at radius 3 is 2.64 bits per heavy atom. The Kier molecular flexibility index (Phi) is 6.20. The van der Waals surface area contributed by atoms with Crippen LogP contribution in [0, 0.1) is 0 Å². The van der Waals surface area contributed by atoms with E-state index in [-0.39, 0.29) is 17.8 Å². The fourth-order valence-electron chi connectivity index (χ4n) is 2.95. The summed E-state index contributed by atoms with van der Waals surface area (Å²) in [4.78, 5) is 28.5. The van der Waals surface area contributed by atoms with E-state index >= 15 is 0 Å². The zero-order valence-electron chi connectivity index (χ0n) is 15.3. The molecular formula is C19H26N2O4. The third-order valence-electron chi connectivity index (χ3n) is 4.20. The van der Waals surface area contributed by atoms with Crippen molar-refractivity contribution < 1.29 is 19.4 Å². The molecule has 6 nitrogen and oxygen atoms in total. The molecule has 0 radical (unpaired) electrons. The number of aliphatic hydroxyl groups is 1. The Balaban J connectivity index is 2.46. The number of hydrogen-bond acceptors (Lipinski definition) is 5. The predicted octanol–water partition coefficient (Wildman–Crippen LogP) is 2.32. The van der Waals surface area contributed by atoms with Gasteiger partial charge in [-0.15, -0.1) is 0 Å². The van der Waals surface area contributed by atoms with E-state index in [1.165, 1.54) is 0 Å². The molecule has 1 unspecified atom stereocenters. The molecule has 1 aliphatic rings. The topological polar surface area (TPSA) is 70.1 Å². The first kappa shape index (κ1) is 19.0. The highest BCUT2D eigenvalue weighted by Gasteiger charge is 2.42. The van der Waals surface area contributed by atoms with Gasteiger partial charge in [0.15, 0.2) is 11.5 Å². The van der Waals surface area contributed by atoms with Gasteiger partial charge in [0.1, 0.15) is 5.75 Å². The average Bonchev–Trinajstić information content (AvgIpc) is 2.84. The molecule has 2 rings (SSSR count). The Morgan fingerprint density at radius 2 is 2.04 bits per heavy atom. The molecule has 0 aliphatic carbocycles. The zero-order chi connectivity index (χ0) is 18.6. The van der Waals surface area contributed by atoms with E-state index in [2.05, 4.69) is 0 Å². The van der Waals surface area contributed by atoms with Crippen LogP contribution in [0.25, 0.3) is 0 Å². The van der Waals surface area contributed by atoms with Crippen LogP contribution < -0.4 is 4.74 Å². The van der Waals surface area contributed by atoms with Crippen molar-refractivity contribution >= 4 is 11.7 Å². The van der Waals surface area contributed by atoms with Crippen molar-refractivity contribution in [3.8, 4) is 5.75 Å². The summed E-state index contributed by atoms with van der Waals surface area (Å²) in [5.41, 5.74) is 0.943. The van der Waals surface area contributed by atoms with Crippen molar-refractivity contribution in [1.82, 2.24) is 9.80 Å². The highest BCUT2D eigenvalue weighted by atomic mass is 16.5. The highest BCUT2D eigenvalue weighted by Crippen LogP contribution is 2.38. The molecule has 25 heavy (non-hydrogen) atoms. The van der Waals surface area contributed by atoms with E-state index in [9.17, 15) is 14.7 Å². The summed E-state index contributed by atoms with van der Waals surface area (Å²) >= 11 is 0. The number of amides is 1. The first-order valence-electron chi connectivity index (χ1n) is 8.55. The molecule has 136 valence electrons. The average molecular weight is 346 g/mol. The molecule has 1 aromatic carbocycles. The summed E-state index contributed by atoms with van der Waals surface area (Å²) in [7, 11) is 3.83. The van der Waals surface area contributed by atoms with Gasteiger partial charge in [-0.25, -0.2) is 0 Å². The molecular weight excluding hydrogens is 320 g/mol. The number of rotatable bonds is 8. The monoisotopic (exact) mass is 346 g/mol. The van der Waals surface area contributed by atoms with Crippen molar-refractivity contribution in [3.63, 3.8) is 0 Å². The first-order valence-corrected chi connectivity index (χ1v) is 8.55. The van der Waals surface area contributed by atoms with Crippen LogP contribution >= 0.6 is 0 Å². The quantitative estimate of drug-likeness (QED) is 0.782. The van der Waals surface area contributed by atoms with Gasteiger partial charge >= 0.3 is 0 Å². The molecule has 1 N–H and O–H groups in total. The van der Waals surface area contributed by atoms with Crippen LogP contribution in [-0.2, 0) is 9.59 Å². The molecule has 0 saturated carbocycles. The fraction of sp³-hybridized carbons (Fsp3) is 0.474. The third kappa shape index (κ3) is 4.02. The minimum atomic E-state index is -0.583. The highest BCUT2D eigenvalue weighted by molar-refractivity contribution is 6.08. The van der Waals surface area contributed by atoms with Gasteiger partial charge in [-0.1, -0.05) is 19.1 Å². The number of ketones is 1.